The van der Waals surface area contributed by atoms with E-state index in [0.29, 0.717) is 10.6 Å². The summed E-state index contributed by atoms with van der Waals surface area (Å²) in [5, 5.41) is 0.540. The summed E-state index contributed by atoms with van der Waals surface area (Å²) >= 11 is 11.6. The van der Waals surface area contributed by atoms with E-state index in [9.17, 15) is 4.79 Å². The van der Waals surface area contributed by atoms with Crippen molar-refractivity contribution in [2.75, 3.05) is 33.2 Å². The molecule has 6 heteroatoms. The van der Waals surface area contributed by atoms with Gasteiger partial charge in [0.15, 0.2) is 0 Å². The highest BCUT2D eigenvalue weighted by Gasteiger charge is 2.19. The highest BCUT2D eigenvalue weighted by atomic mass is 35.5. The van der Waals surface area contributed by atoms with Crippen molar-refractivity contribution < 1.29 is 4.79 Å². The van der Waals surface area contributed by atoms with E-state index in [0.717, 1.165) is 32.6 Å². The molecule has 1 amide bonds. The molecule has 0 saturated carbocycles. The van der Waals surface area contributed by atoms with Crippen molar-refractivity contribution in [2.45, 2.75) is 6.42 Å². The second-order valence-electron chi connectivity index (χ2n) is 4.45. The van der Waals surface area contributed by atoms with E-state index in [4.69, 9.17) is 23.2 Å². The SMILES string of the molecule is CN1CCCN(C(=O)c2cnc(Cl)c(Cl)c2)CC1. The van der Waals surface area contributed by atoms with Gasteiger partial charge in [0.2, 0.25) is 0 Å². The number of rotatable bonds is 1. The molecule has 18 heavy (non-hydrogen) atoms. The van der Waals surface area contributed by atoms with E-state index in [1.807, 2.05) is 4.90 Å². The zero-order valence-electron chi connectivity index (χ0n) is 10.2. The van der Waals surface area contributed by atoms with Crippen LogP contribution < -0.4 is 0 Å². The standard InChI is InChI=1S/C12H15Cl2N3O/c1-16-3-2-4-17(6-5-16)12(18)9-7-10(13)11(14)15-8-9/h7-8H,2-6H2,1H3. The monoisotopic (exact) mass is 287 g/mol. The summed E-state index contributed by atoms with van der Waals surface area (Å²) in [6, 6.07) is 1.58. The van der Waals surface area contributed by atoms with Crippen molar-refractivity contribution in [3.05, 3.63) is 28.0 Å². The topological polar surface area (TPSA) is 36.4 Å². The van der Waals surface area contributed by atoms with Gasteiger partial charge in [0.25, 0.3) is 5.91 Å². The van der Waals surface area contributed by atoms with Crippen LogP contribution in [0.4, 0.5) is 0 Å². The molecule has 98 valence electrons. The lowest BCUT2D eigenvalue weighted by Crippen LogP contribution is -2.34. The van der Waals surface area contributed by atoms with Gasteiger partial charge in [-0.05, 0) is 26.1 Å². The van der Waals surface area contributed by atoms with Gasteiger partial charge < -0.3 is 9.80 Å². The summed E-state index contributed by atoms with van der Waals surface area (Å²) in [6.45, 7) is 3.41. The first kappa shape index (κ1) is 13.6. The van der Waals surface area contributed by atoms with Crippen LogP contribution in [0.25, 0.3) is 0 Å². The predicted molar refractivity (Wildman–Crippen MR) is 72.3 cm³/mol. The van der Waals surface area contributed by atoms with Gasteiger partial charge in [0.1, 0.15) is 5.15 Å². The minimum Gasteiger partial charge on any atom is -0.337 e. The van der Waals surface area contributed by atoms with Crippen molar-refractivity contribution in [3.63, 3.8) is 0 Å². The Labute approximate surface area is 116 Å². The summed E-state index contributed by atoms with van der Waals surface area (Å²) in [5.74, 6) is -0.0311. The van der Waals surface area contributed by atoms with Crippen LogP contribution in [0.2, 0.25) is 10.2 Å². The lowest BCUT2D eigenvalue weighted by atomic mass is 10.2. The summed E-state index contributed by atoms with van der Waals surface area (Å²) in [7, 11) is 2.06. The van der Waals surface area contributed by atoms with E-state index in [1.54, 1.807) is 6.07 Å². The number of hydrogen-bond donors (Lipinski definition) is 0. The molecule has 1 aromatic rings. The molecule has 1 fully saturated rings. The second kappa shape index (κ2) is 5.87. The number of pyridine rings is 1. The Balaban J connectivity index is 2.12. The quantitative estimate of drug-likeness (QED) is 0.743. The van der Waals surface area contributed by atoms with Crippen molar-refractivity contribution in [1.29, 1.82) is 0 Å². The largest absolute Gasteiger partial charge is 0.337 e. The Morgan fingerprint density at radius 3 is 2.78 bits per heavy atom. The molecule has 0 atom stereocenters. The number of amides is 1. The first-order chi connectivity index (χ1) is 8.58. The zero-order chi connectivity index (χ0) is 13.1. The van der Waals surface area contributed by atoms with E-state index >= 15 is 0 Å². The van der Waals surface area contributed by atoms with Crippen molar-refractivity contribution in [3.8, 4) is 0 Å². The summed E-state index contributed by atoms with van der Waals surface area (Å²) in [6.07, 6.45) is 2.46. The molecular weight excluding hydrogens is 273 g/mol. The molecule has 0 spiro atoms. The zero-order valence-corrected chi connectivity index (χ0v) is 11.7. The number of carbonyl (C=O) groups is 1. The van der Waals surface area contributed by atoms with Gasteiger partial charge >= 0.3 is 0 Å². The average Bonchev–Trinajstić information content (AvgIpc) is 2.57. The minimum atomic E-state index is -0.0311. The number of nitrogens with zero attached hydrogens (tertiary/aromatic N) is 3. The van der Waals surface area contributed by atoms with Crippen LogP contribution in [0.3, 0.4) is 0 Å². The molecule has 0 radical (unpaired) electrons. The summed E-state index contributed by atoms with van der Waals surface area (Å²) in [5.41, 5.74) is 0.494. The van der Waals surface area contributed by atoms with Gasteiger partial charge in [-0.25, -0.2) is 4.98 Å². The van der Waals surface area contributed by atoms with Gasteiger partial charge in [0, 0.05) is 25.8 Å². The Morgan fingerprint density at radius 2 is 2.06 bits per heavy atom. The molecule has 0 N–H and O–H groups in total. The first-order valence-corrected chi connectivity index (χ1v) is 6.62. The van der Waals surface area contributed by atoms with Gasteiger partial charge in [-0.15, -0.1) is 0 Å². The molecule has 0 aromatic carbocycles. The van der Waals surface area contributed by atoms with Gasteiger partial charge in [-0.2, -0.15) is 0 Å². The van der Waals surface area contributed by atoms with E-state index < -0.39 is 0 Å². The van der Waals surface area contributed by atoms with Crippen molar-refractivity contribution in [1.82, 2.24) is 14.8 Å². The van der Waals surface area contributed by atoms with Gasteiger partial charge in [0.05, 0.1) is 10.6 Å². The smallest absolute Gasteiger partial charge is 0.255 e. The molecule has 2 rings (SSSR count). The average molecular weight is 288 g/mol. The highest BCUT2D eigenvalue weighted by Crippen LogP contribution is 2.20. The number of likely N-dealkylation sites (N-methyl/N-ethyl adjacent to an activating group) is 1. The maximum Gasteiger partial charge on any atom is 0.255 e. The Hall–Kier alpha value is -0.840. The minimum absolute atomic E-state index is 0.0311. The van der Waals surface area contributed by atoms with Crippen LogP contribution in [0.5, 0.6) is 0 Å². The van der Waals surface area contributed by atoms with Crippen LogP contribution in [-0.2, 0) is 0 Å². The van der Waals surface area contributed by atoms with Crippen LogP contribution in [-0.4, -0.2) is 53.9 Å². The number of halogens is 2. The normalized spacial score (nSPS) is 17.6. The molecule has 0 aliphatic carbocycles. The van der Waals surface area contributed by atoms with Crippen LogP contribution >= 0.6 is 23.2 Å². The Bertz CT molecular complexity index is 453. The Kier molecular flexibility index (Phi) is 4.43. The summed E-state index contributed by atoms with van der Waals surface area (Å²) in [4.78, 5) is 20.3. The van der Waals surface area contributed by atoms with E-state index in [1.165, 1.54) is 6.20 Å². The molecule has 4 nitrogen and oxygen atoms in total. The maximum atomic E-state index is 12.3. The lowest BCUT2D eigenvalue weighted by Gasteiger charge is -2.20. The van der Waals surface area contributed by atoms with Gasteiger partial charge in [-0.1, -0.05) is 23.2 Å². The maximum absolute atomic E-state index is 12.3. The fraction of sp³-hybridized carbons (Fsp3) is 0.500. The second-order valence-corrected chi connectivity index (χ2v) is 5.21. The molecule has 2 heterocycles. The van der Waals surface area contributed by atoms with Crippen LogP contribution in [0.1, 0.15) is 16.8 Å². The lowest BCUT2D eigenvalue weighted by molar-refractivity contribution is 0.0762. The fourth-order valence-electron chi connectivity index (χ4n) is 1.97. The van der Waals surface area contributed by atoms with E-state index in [-0.39, 0.29) is 11.1 Å². The van der Waals surface area contributed by atoms with Crippen LogP contribution in [0, 0.1) is 0 Å². The van der Waals surface area contributed by atoms with Crippen LogP contribution in [0.15, 0.2) is 12.3 Å². The number of hydrogen-bond acceptors (Lipinski definition) is 3. The first-order valence-electron chi connectivity index (χ1n) is 5.87. The molecule has 0 unspecified atom stereocenters. The number of aromatic nitrogens is 1. The molecular formula is C12H15Cl2N3O. The summed E-state index contributed by atoms with van der Waals surface area (Å²) < 4.78 is 0. The molecule has 1 aliphatic rings. The number of carbonyl (C=O) groups excluding carboxylic acids is 1. The van der Waals surface area contributed by atoms with Crippen molar-refractivity contribution >= 4 is 29.1 Å². The van der Waals surface area contributed by atoms with Crippen molar-refractivity contribution in [2.24, 2.45) is 0 Å². The Morgan fingerprint density at radius 1 is 1.28 bits per heavy atom. The van der Waals surface area contributed by atoms with E-state index in [2.05, 4.69) is 16.9 Å². The third kappa shape index (κ3) is 3.13. The predicted octanol–water partition coefficient (Wildman–Crippen LogP) is 2.17. The highest BCUT2D eigenvalue weighted by molar-refractivity contribution is 6.41. The molecule has 0 bridgehead atoms. The van der Waals surface area contributed by atoms with Gasteiger partial charge in [-0.3, -0.25) is 4.79 Å². The molecule has 1 aromatic heterocycles. The third-order valence-electron chi connectivity index (χ3n) is 3.05. The third-order valence-corrected chi connectivity index (χ3v) is 3.74. The fourth-order valence-corrected chi connectivity index (χ4v) is 2.24. The molecule has 1 aliphatic heterocycles. The molecule has 1 saturated heterocycles.